The van der Waals surface area contributed by atoms with Gasteiger partial charge in [0, 0.05) is 31.9 Å². The minimum atomic E-state index is 0.325. The Hall–Kier alpha value is -0.870. The van der Waals surface area contributed by atoms with E-state index in [9.17, 15) is 0 Å². The molecule has 0 saturated heterocycles. The average molecular weight is 182 g/mol. The van der Waals surface area contributed by atoms with Crippen molar-refractivity contribution in [3.05, 3.63) is 18.0 Å². The van der Waals surface area contributed by atoms with Crippen LogP contribution >= 0.6 is 0 Å². The van der Waals surface area contributed by atoms with Crippen molar-refractivity contribution in [2.24, 2.45) is 5.73 Å². The summed E-state index contributed by atoms with van der Waals surface area (Å²) in [5.74, 6) is 0. The first-order chi connectivity index (χ1) is 6.29. The van der Waals surface area contributed by atoms with Gasteiger partial charge in [-0.2, -0.15) is 5.10 Å². The molecule has 4 heteroatoms. The first-order valence-electron chi connectivity index (χ1n) is 4.74. The van der Waals surface area contributed by atoms with E-state index in [1.54, 1.807) is 0 Å². The summed E-state index contributed by atoms with van der Waals surface area (Å²) in [6.45, 7) is 6.64. The van der Waals surface area contributed by atoms with Crippen LogP contribution < -0.4 is 11.1 Å². The molecule has 0 aliphatic carbocycles. The smallest absolute Gasteiger partial charge is 0.0550 e. The van der Waals surface area contributed by atoms with Crippen molar-refractivity contribution in [3.8, 4) is 0 Å². The highest BCUT2D eigenvalue weighted by Crippen LogP contribution is 2.10. The predicted molar refractivity (Wildman–Crippen MR) is 53.4 cm³/mol. The second kappa shape index (κ2) is 4.99. The molecule has 0 aliphatic rings. The third kappa shape index (κ3) is 2.54. The van der Waals surface area contributed by atoms with Crippen molar-refractivity contribution in [2.75, 3.05) is 13.1 Å². The van der Waals surface area contributed by atoms with Gasteiger partial charge in [0.05, 0.1) is 5.69 Å². The van der Waals surface area contributed by atoms with Gasteiger partial charge in [-0.25, -0.2) is 0 Å². The standard InChI is InChI=1S/C9H18N4/c1-3-13-9(4-6-12-13)8(2)11-7-5-10/h4,6,8,11H,3,5,7,10H2,1-2H3. The average Bonchev–Trinajstić information content (AvgIpc) is 2.61. The fraction of sp³-hybridized carbons (Fsp3) is 0.667. The van der Waals surface area contributed by atoms with Crippen molar-refractivity contribution < 1.29 is 0 Å². The maximum Gasteiger partial charge on any atom is 0.0550 e. The number of hydrogen-bond acceptors (Lipinski definition) is 3. The molecular formula is C9H18N4. The zero-order valence-electron chi connectivity index (χ0n) is 8.33. The summed E-state index contributed by atoms with van der Waals surface area (Å²) in [4.78, 5) is 0. The summed E-state index contributed by atoms with van der Waals surface area (Å²) in [6, 6.07) is 2.36. The van der Waals surface area contributed by atoms with Crippen LogP contribution in [0.15, 0.2) is 12.3 Å². The summed E-state index contributed by atoms with van der Waals surface area (Å²) in [5, 5.41) is 7.53. The molecule has 0 fully saturated rings. The highest BCUT2D eigenvalue weighted by molar-refractivity contribution is 5.05. The Morgan fingerprint density at radius 3 is 3.08 bits per heavy atom. The van der Waals surface area contributed by atoms with Crippen LogP contribution in [0, 0.1) is 0 Å². The molecule has 74 valence electrons. The molecule has 0 spiro atoms. The maximum atomic E-state index is 5.42. The molecule has 0 bridgehead atoms. The molecule has 3 N–H and O–H groups in total. The van der Waals surface area contributed by atoms with Gasteiger partial charge in [-0.15, -0.1) is 0 Å². The van der Waals surface area contributed by atoms with Gasteiger partial charge in [0.15, 0.2) is 0 Å². The van der Waals surface area contributed by atoms with E-state index >= 15 is 0 Å². The zero-order chi connectivity index (χ0) is 9.68. The van der Waals surface area contributed by atoms with Crippen molar-refractivity contribution in [2.45, 2.75) is 26.4 Å². The van der Waals surface area contributed by atoms with Crippen molar-refractivity contribution in [3.63, 3.8) is 0 Å². The number of hydrogen-bond donors (Lipinski definition) is 2. The topological polar surface area (TPSA) is 55.9 Å². The molecular weight excluding hydrogens is 164 g/mol. The number of aryl methyl sites for hydroxylation is 1. The molecule has 0 amide bonds. The van der Waals surface area contributed by atoms with Gasteiger partial charge in [-0.05, 0) is 19.9 Å². The van der Waals surface area contributed by atoms with Crippen molar-refractivity contribution >= 4 is 0 Å². The normalized spacial score (nSPS) is 13.2. The maximum absolute atomic E-state index is 5.42. The lowest BCUT2D eigenvalue weighted by atomic mass is 10.2. The van der Waals surface area contributed by atoms with E-state index in [4.69, 9.17) is 5.73 Å². The largest absolute Gasteiger partial charge is 0.329 e. The fourth-order valence-electron chi connectivity index (χ4n) is 1.38. The minimum absolute atomic E-state index is 0.325. The Morgan fingerprint density at radius 2 is 2.46 bits per heavy atom. The van der Waals surface area contributed by atoms with E-state index in [1.165, 1.54) is 5.69 Å². The van der Waals surface area contributed by atoms with Crippen LogP contribution in [-0.2, 0) is 6.54 Å². The Labute approximate surface area is 79.1 Å². The highest BCUT2D eigenvalue weighted by atomic mass is 15.3. The molecule has 1 aromatic heterocycles. The Kier molecular flexibility index (Phi) is 3.92. The third-order valence-corrected chi connectivity index (χ3v) is 2.09. The van der Waals surface area contributed by atoms with Crippen LogP contribution in [0.3, 0.4) is 0 Å². The van der Waals surface area contributed by atoms with E-state index < -0.39 is 0 Å². The van der Waals surface area contributed by atoms with Crippen molar-refractivity contribution in [1.82, 2.24) is 15.1 Å². The first kappa shape index (κ1) is 10.2. The van der Waals surface area contributed by atoms with Gasteiger partial charge in [0.25, 0.3) is 0 Å². The molecule has 1 aromatic rings. The molecule has 1 atom stereocenters. The lowest BCUT2D eigenvalue weighted by molar-refractivity contribution is 0.515. The first-order valence-corrected chi connectivity index (χ1v) is 4.74. The number of aromatic nitrogens is 2. The Balaban J connectivity index is 2.59. The van der Waals surface area contributed by atoms with Crippen LogP contribution in [0.2, 0.25) is 0 Å². The number of nitrogens with zero attached hydrogens (tertiary/aromatic N) is 2. The lowest BCUT2D eigenvalue weighted by Crippen LogP contribution is -2.27. The minimum Gasteiger partial charge on any atom is -0.329 e. The number of rotatable bonds is 5. The van der Waals surface area contributed by atoms with Crippen molar-refractivity contribution in [1.29, 1.82) is 0 Å². The molecule has 13 heavy (non-hydrogen) atoms. The summed E-state index contributed by atoms with van der Waals surface area (Å²) < 4.78 is 1.99. The molecule has 0 saturated carbocycles. The van der Waals surface area contributed by atoms with Gasteiger partial charge in [-0.1, -0.05) is 0 Å². The third-order valence-electron chi connectivity index (χ3n) is 2.09. The van der Waals surface area contributed by atoms with Gasteiger partial charge in [-0.3, -0.25) is 4.68 Å². The summed E-state index contributed by atoms with van der Waals surface area (Å²) >= 11 is 0. The van der Waals surface area contributed by atoms with Crippen LogP contribution in [0.25, 0.3) is 0 Å². The Bertz CT molecular complexity index is 244. The van der Waals surface area contributed by atoms with E-state index in [0.717, 1.165) is 13.1 Å². The molecule has 0 radical (unpaired) electrons. The van der Waals surface area contributed by atoms with Gasteiger partial charge >= 0.3 is 0 Å². The van der Waals surface area contributed by atoms with Gasteiger partial charge < -0.3 is 11.1 Å². The molecule has 0 aromatic carbocycles. The van der Waals surface area contributed by atoms with Crippen LogP contribution in [0.5, 0.6) is 0 Å². The lowest BCUT2D eigenvalue weighted by Gasteiger charge is -2.14. The van der Waals surface area contributed by atoms with Crippen LogP contribution in [0.1, 0.15) is 25.6 Å². The number of nitrogens with one attached hydrogen (secondary N) is 1. The Morgan fingerprint density at radius 1 is 1.69 bits per heavy atom. The molecule has 4 nitrogen and oxygen atoms in total. The number of nitrogens with two attached hydrogens (primary N) is 1. The predicted octanol–water partition coefficient (Wildman–Crippen LogP) is 0.512. The second-order valence-corrected chi connectivity index (χ2v) is 3.04. The molecule has 1 rings (SSSR count). The zero-order valence-corrected chi connectivity index (χ0v) is 8.33. The molecule has 1 heterocycles. The summed E-state index contributed by atoms with van der Waals surface area (Å²) in [7, 11) is 0. The SMILES string of the molecule is CCn1nccc1C(C)NCCN. The molecule has 0 aliphatic heterocycles. The van der Waals surface area contributed by atoms with Gasteiger partial charge in [0.1, 0.15) is 0 Å². The van der Waals surface area contributed by atoms with E-state index in [1.807, 2.05) is 16.9 Å². The van der Waals surface area contributed by atoms with Crippen LogP contribution in [0.4, 0.5) is 0 Å². The summed E-state index contributed by atoms with van der Waals surface area (Å²) in [6.07, 6.45) is 1.83. The van der Waals surface area contributed by atoms with E-state index in [2.05, 4.69) is 24.3 Å². The van der Waals surface area contributed by atoms with E-state index in [0.29, 0.717) is 12.6 Å². The van der Waals surface area contributed by atoms with Crippen LogP contribution in [-0.4, -0.2) is 22.9 Å². The second-order valence-electron chi connectivity index (χ2n) is 3.04. The monoisotopic (exact) mass is 182 g/mol. The quantitative estimate of drug-likeness (QED) is 0.697. The van der Waals surface area contributed by atoms with E-state index in [-0.39, 0.29) is 0 Å². The fourth-order valence-corrected chi connectivity index (χ4v) is 1.38. The summed E-state index contributed by atoms with van der Waals surface area (Å²) in [5.41, 5.74) is 6.63. The molecule has 1 unspecified atom stereocenters. The highest BCUT2D eigenvalue weighted by Gasteiger charge is 2.08. The van der Waals surface area contributed by atoms with Gasteiger partial charge in [0.2, 0.25) is 0 Å².